The summed E-state index contributed by atoms with van der Waals surface area (Å²) in [5.74, 6) is 0.543. The molecule has 1 atom stereocenters. The molecule has 0 radical (unpaired) electrons. The maximum atomic E-state index is 12.3. The summed E-state index contributed by atoms with van der Waals surface area (Å²) in [6, 6.07) is 6.58. The Morgan fingerprint density at radius 3 is 2.92 bits per heavy atom. The summed E-state index contributed by atoms with van der Waals surface area (Å²) in [6.45, 7) is 5.63. The standard InChI is InChI=1S/C19H29N3O3/c1-3-20-19(23)22-9-6-15-4-5-16(12-18(15)22)21-17(13-24-2)14-7-10-25-11-8-14/h4-5,12,14,17,21H,3,6-11,13H2,1-2H3,(H,20,23). The quantitative estimate of drug-likeness (QED) is 0.830. The van der Waals surface area contributed by atoms with Crippen LogP contribution in [-0.2, 0) is 15.9 Å². The number of benzene rings is 1. The molecule has 2 aliphatic heterocycles. The van der Waals surface area contributed by atoms with Gasteiger partial charge >= 0.3 is 6.03 Å². The van der Waals surface area contributed by atoms with Crippen LogP contribution in [0.4, 0.5) is 16.2 Å². The van der Waals surface area contributed by atoms with Gasteiger partial charge in [0.15, 0.2) is 0 Å². The van der Waals surface area contributed by atoms with Crippen molar-refractivity contribution in [2.75, 3.05) is 50.2 Å². The molecule has 1 fully saturated rings. The average molecular weight is 347 g/mol. The summed E-state index contributed by atoms with van der Waals surface area (Å²) >= 11 is 0. The van der Waals surface area contributed by atoms with Crippen molar-refractivity contribution in [3.63, 3.8) is 0 Å². The van der Waals surface area contributed by atoms with Gasteiger partial charge < -0.3 is 20.1 Å². The molecule has 0 bridgehead atoms. The largest absolute Gasteiger partial charge is 0.383 e. The van der Waals surface area contributed by atoms with Crippen LogP contribution >= 0.6 is 0 Å². The van der Waals surface area contributed by atoms with Crippen molar-refractivity contribution in [1.29, 1.82) is 0 Å². The number of ether oxygens (including phenoxy) is 2. The minimum atomic E-state index is -0.0173. The maximum absolute atomic E-state index is 12.3. The molecule has 1 aromatic rings. The van der Waals surface area contributed by atoms with Crippen LogP contribution < -0.4 is 15.5 Å². The molecule has 2 amide bonds. The second-order valence-corrected chi connectivity index (χ2v) is 6.74. The molecule has 2 aliphatic rings. The normalized spacial score (nSPS) is 18.7. The number of amides is 2. The summed E-state index contributed by atoms with van der Waals surface area (Å²) in [5.41, 5.74) is 3.29. The van der Waals surface area contributed by atoms with E-state index in [0.717, 1.165) is 50.4 Å². The van der Waals surface area contributed by atoms with Gasteiger partial charge in [-0.1, -0.05) is 6.07 Å². The van der Waals surface area contributed by atoms with E-state index in [1.165, 1.54) is 5.56 Å². The van der Waals surface area contributed by atoms with Crippen molar-refractivity contribution >= 4 is 17.4 Å². The Morgan fingerprint density at radius 2 is 2.20 bits per heavy atom. The summed E-state index contributed by atoms with van der Waals surface area (Å²) in [7, 11) is 1.74. The number of fused-ring (bicyclic) bond motifs is 1. The molecule has 3 rings (SSSR count). The molecule has 6 heteroatoms. The predicted octanol–water partition coefficient (Wildman–Crippen LogP) is 2.63. The van der Waals surface area contributed by atoms with Crippen LogP contribution in [0.2, 0.25) is 0 Å². The number of nitrogens with zero attached hydrogens (tertiary/aromatic N) is 1. The van der Waals surface area contributed by atoms with E-state index in [-0.39, 0.29) is 12.1 Å². The van der Waals surface area contributed by atoms with Crippen molar-refractivity contribution in [3.8, 4) is 0 Å². The Hall–Kier alpha value is -1.79. The fourth-order valence-corrected chi connectivity index (χ4v) is 3.73. The fourth-order valence-electron chi connectivity index (χ4n) is 3.73. The molecular weight excluding hydrogens is 318 g/mol. The van der Waals surface area contributed by atoms with Gasteiger partial charge in [-0.15, -0.1) is 0 Å². The van der Waals surface area contributed by atoms with Gasteiger partial charge in [0, 0.05) is 39.1 Å². The van der Waals surface area contributed by atoms with Crippen LogP contribution in [0.3, 0.4) is 0 Å². The van der Waals surface area contributed by atoms with E-state index in [1.54, 1.807) is 7.11 Å². The number of carbonyl (C=O) groups excluding carboxylic acids is 1. The lowest BCUT2D eigenvalue weighted by molar-refractivity contribution is 0.0485. The topological polar surface area (TPSA) is 62.8 Å². The zero-order valence-electron chi connectivity index (χ0n) is 15.2. The van der Waals surface area contributed by atoms with E-state index >= 15 is 0 Å². The lowest BCUT2D eigenvalue weighted by Crippen LogP contribution is -2.39. The molecule has 25 heavy (non-hydrogen) atoms. The zero-order chi connectivity index (χ0) is 17.6. The number of hydrogen-bond donors (Lipinski definition) is 2. The number of methoxy groups -OCH3 is 1. The van der Waals surface area contributed by atoms with Gasteiger partial charge in [0.1, 0.15) is 0 Å². The van der Waals surface area contributed by atoms with E-state index < -0.39 is 0 Å². The van der Waals surface area contributed by atoms with Crippen molar-refractivity contribution in [2.24, 2.45) is 5.92 Å². The van der Waals surface area contributed by atoms with Gasteiger partial charge in [-0.2, -0.15) is 0 Å². The van der Waals surface area contributed by atoms with Crippen LogP contribution in [-0.4, -0.2) is 52.1 Å². The van der Waals surface area contributed by atoms with E-state index in [2.05, 4.69) is 28.8 Å². The third kappa shape index (κ3) is 4.25. The second kappa shape index (κ2) is 8.54. The number of nitrogens with one attached hydrogen (secondary N) is 2. The molecule has 2 heterocycles. The fraction of sp³-hybridized carbons (Fsp3) is 0.632. The molecule has 0 spiro atoms. The van der Waals surface area contributed by atoms with Crippen molar-refractivity contribution in [3.05, 3.63) is 23.8 Å². The van der Waals surface area contributed by atoms with E-state index in [9.17, 15) is 4.79 Å². The summed E-state index contributed by atoms with van der Waals surface area (Å²) in [4.78, 5) is 14.1. The summed E-state index contributed by atoms with van der Waals surface area (Å²) in [6.07, 6.45) is 3.02. The average Bonchev–Trinajstić information content (AvgIpc) is 3.06. The molecule has 0 aromatic heterocycles. The number of carbonyl (C=O) groups is 1. The minimum Gasteiger partial charge on any atom is -0.383 e. The first-order chi connectivity index (χ1) is 12.2. The highest BCUT2D eigenvalue weighted by molar-refractivity contribution is 5.94. The molecule has 1 aromatic carbocycles. The highest BCUT2D eigenvalue weighted by atomic mass is 16.5. The second-order valence-electron chi connectivity index (χ2n) is 6.74. The monoisotopic (exact) mass is 347 g/mol. The first kappa shape index (κ1) is 18.0. The van der Waals surface area contributed by atoms with Gasteiger partial charge in [-0.25, -0.2) is 4.79 Å². The van der Waals surface area contributed by atoms with Crippen LogP contribution in [0.1, 0.15) is 25.3 Å². The van der Waals surface area contributed by atoms with Crippen molar-refractivity contribution < 1.29 is 14.3 Å². The third-order valence-electron chi connectivity index (χ3n) is 5.09. The zero-order valence-corrected chi connectivity index (χ0v) is 15.2. The lowest BCUT2D eigenvalue weighted by Gasteiger charge is -2.31. The Balaban J connectivity index is 1.74. The number of hydrogen-bond acceptors (Lipinski definition) is 4. The van der Waals surface area contributed by atoms with Gasteiger partial charge in [-0.3, -0.25) is 4.90 Å². The van der Waals surface area contributed by atoms with Crippen LogP contribution in [0.5, 0.6) is 0 Å². The highest BCUT2D eigenvalue weighted by Gasteiger charge is 2.27. The minimum absolute atomic E-state index is 0.0173. The van der Waals surface area contributed by atoms with Gasteiger partial charge in [-0.05, 0) is 49.8 Å². The van der Waals surface area contributed by atoms with E-state index in [1.807, 2.05) is 11.8 Å². The first-order valence-electron chi connectivity index (χ1n) is 9.24. The Kier molecular flexibility index (Phi) is 6.15. The van der Waals surface area contributed by atoms with Gasteiger partial charge in [0.2, 0.25) is 0 Å². The van der Waals surface area contributed by atoms with Crippen molar-refractivity contribution in [1.82, 2.24) is 5.32 Å². The first-order valence-corrected chi connectivity index (χ1v) is 9.24. The SMILES string of the molecule is CCNC(=O)N1CCc2ccc(NC(COC)C3CCOCC3)cc21. The summed E-state index contributed by atoms with van der Waals surface area (Å²) < 4.78 is 10.9. The molecule has 138 valence electrons. The van der Waals surface area contributed by atoms with Crippen molar-refractivity contribution in [2.45, 2.75) is 32.2 Å². The molecule has 6 nitrogen and oxygen atoms in total. The summed E-state index contributed by atoms with van der Waals surface area (Å²) in [5, 5.41) is 6.53. The van der Waals surface area contributed by atoms with Crippen LogP contribution in [0.25, 0.3) is 0 Å². The molecule has 1 saturated heterocycles. The predicted molar refractivity (Wildman–Crippen MR) is 99.4 cm³/mol. The number of anilines is 2. The van der Waals surface area contributed by atoms with E-state index in [0.29, 0.717) is 19.1 Å². The van der Waals surface area contributed by atoms with E-state index in [4.69, 9.17) is 9.47 Å². The number of rotatable bonds is 6. The molecule has 0 saturated carbocycles. The Labute approximate surface area is 149 Å². The third-order valence-corrected chi connectivity index (χ3v) is 5.09. The maximum Gasteiger partial charge on any atom is 0.321 e. The van der Waals surface area contributed by atoms with Crippen LogP contribution in [0.15, 0.2) is 18.2 Å². The molecule has 2 N–H and O–H groups in total. The Bertz CT molecular complexity index is 587. The molecule has 0 aliphatic carbocycles. The van der Waals surface area contributed by atoms with Gasteiger partial charge in [0.25, 0.3) is 0 Å². The molecule has 1 unspecified atom stereocenters. The van der Waals surface area contributed by atoms with Gasteiger partial charge in [0.05, 0.1) is 18.3 Å². The smallest absolute Gasteiger partial charge is 0.321 e. The molecular formula is C19H29N3O3. The lowest BCUT2D eigenvalue weighted by atomic mass is 9.92. The highest BCUT2D eigenvalue weighted by Crippen LogP contribution is 2.32. The van der Waals surface area contributed by atoms with Crippen LogP contribution in [0, 0.1) is 5.92 Å². The number of urea groups is 1. The Morgan fingerprint density at radius 1 is 1.40 bits per heavy atom.